The molecule has 2 aromatic rings. The van der Waals surface area contributed by atoms with Crippen LogP contribution in [0.15, 0.2) is 36.4 Å². The lowest BCUT2D eigenvalue weighted by Crippen LogP contribution is -2.13. The van der Waals surface area contributed by atoms with Crippen LogP contribution in [0.5, 0.6) is 0 Å². The van der Waals surface area contributed by atoms with Gasteiger partial charge in [0, 0.05) is 12.1 Å². The van der Waals surface area contributed by atoms with Gasteiger partial charge in [-0.1, -0.05) is 40.9 Å². The lowest BCUT2D eigenvalue weighted by molar-refractivity contribution is -0.116. The van der Waals surface area contributed by atoms with Crippen LogP contribution in [0.3, 0.4) is 0 Å². The van der Waals surface area contributed by atoms with Gasteiger partial charge in [-0.3, -0.25) is 4.79 Å². The molecule has 132 valence electrons. The van der Waals surface area contributed by atoms with E-state index in [4.69, 9.17) is 39.5 Å². The van der Waals surface area contributed by atoms with Crippen molar-refractivity contribution in [2.24, 2.45) is 0 Å². The highest BCUT2D eigenvalue weighted by atomic mass is 35.5. The molecule has 0 aromatic heterocycles. The minimum atomic E-state index is -0.495. The third-order valence-electron chi connectivity index (χ3n) is 3.37. The smallest absolute Gasteiger partial charge is 0.339 e. The highest BCUT2D eigenvalue weighted by molar-refractivity contribution is 6.42. The van der Waals surface area contributed by atoms with E-state index in [0.717, 1.165) is 5.56 Å². The summed E-state index contributed by atoms with van der Waals surface area (Å²) in [4.78, 5) is 23.8. The molecule has 7 heteroatoms. The van der Waals surface area contributed by atoms with Gasteiger partial charge in [0.25, 0.3) is 0 Å². The van der Waals surface area contributed by atoms with Gasteiger partial charge in [-0.25, -0.2) is 4.79 Å². The number of carbonyl (C=O) groups is 2. The lowest BCUT2D eigenvalue weighted by atomic mass is 10.1. The fourth-order valence-corrected chi connectivity index (χ4v) is 2.72. The molecular weight excluding hydrogens is 385 g/mol. The van der Waals surface area contributed by atoms with Crippen molar-refractivity contribution >= 4 is 52.4 Å². The number of benzene rings is 2. The molecule has 0 saturated carbocycles. The third-order valence-corrected chi connectivity index (χ3v) is 4.42. The monoisotopic (exact) mass is 399 g/mol. The summed E-state index contributed by atoms with van der Waals surface area (Å²) in [5.41, 5.74) is 1.69. The summed E-state index contributed by atoms with van der Waals surface area (Å²) >= 11 is 17.9. The minimum absolute atomic E-state index is 0.175. The number of carbonyl (C=O) groups excluding carboxylic acids is 2. The maximum absolute atomic E-state index is 12.1. The number of halogens is 3. The molecule has 2 rings (SSSR count). The molecule has 0 saturated heterocycles. The molecule has 1 N–H and O–H groups in total. The van der Waals surface area contributed by atoms with Gasteiger partial charge in [0.15, 0.2) is 0 Å². The Hall–Kier alpha value is -1.75. The summed E-state index contributed by atoms with van der Waals surface area (Å²) in [6, 6.07) is 9.91. The summed E-state index contributed by atoms with van der Waals surface area (Å²) in [5, 5.41) is 3.90. The summed E-state index contributed by atoms with van der Waals surface area (Å²) < 4.78 is 4.90. The van der Waals surface area contributed by atoms with E-state index in [1.54, 1.807) is 25.1 Å². The van der Waals surface area contributed by atoms with E-state index in [0.29, 0.717) is 22.2 Å². The van der Waals surface area contributed by atoms with E-state index < -0.39 is 5.97 Å². The molecule has 0 aliphatic carbocycles. The summed E-state index contributed by atoms with van der Waals surface area (Å²) in [7, 11) is 0. The summed E-state index contributed by atoms with van der Waals surface area (Å²) in [5.74, 6) is -0.670. The fraction of sp³-hybridized carbons (Fsp3) is 0.222. The van der Waals surface area contributed by atoms with E-state index in [-0.39, 0.29) is 29.5 Å². The first-order valence-corrected chi connectivity index (χ1v) is 8.74. The van der Waals surface area contributed by atoms with Crippen molar-refractivity contribution in [3.8, 4) is 0 Å². The number of anilines is 1. The zero-order valence-corrected chi connectivity index (χ0v) is 15.7. The van der Waals surface area contributed by atoms with Crippen molar-refractivity contribution in [2.45, 2.75) is 19.8 Å². The standard InChI is InChI=1S/C18H16Cl3NO3/c1-2-25-18(24)13-6-5-12(10-15(13)20)22-17(23)8-4-11-3-7-14(19)16(21)9-11/h3,5-7,9-10H,2,4,8H2,1H3,(H,22,23). The predicted molar refractivity (Wildman–Crippen MR) is 101 cm³/mol. The minimum Gasteiger partial charge on any atom is -0.462 e. The normalized spacial score (nSPS) is 10.4. The molecule has 0 aliphatic heterocycles. The van der Waals surface area contributed by atoms with Gasteiger partial charge in [0.1, 0.15) is 0 Å². The van der Waals surface area contributed by atoms with Gasteiger partial charge in [0.2, 0.25) is 5.91 Å². The quantitative estimate of drug-likeness (QED) is 0.661. The van der Waals surface area contributed by atoms with Gasteiger partial charge in [0.05, 0.1) is 27.2 Å². The van der Waals surface area contributed by atoms with Crippen molar-refractivity contribution in [3.05, 3.63) is 62.6 Å². The molecule has 4 nitrogen and oxygen atoms in total. The Morgan fingerprint density at radius 1 is 1.00 bits per heavy atom. The molecule has 0 radical (unpaired) electrons. The van der Waals surface area contributed by atoms with E-state index in [1.807, 2.05) is 6.07 Å². The van der Waals surface area contributed by atoms with Crippen molar-refractivity contribution in [2.75, 3.05) is 11.9 Å². The largest absolute Gasteiger partial charge is 0.462 e. The first kappa shape index (κ1) is 19.6. The first-order valence-electron chi connectivity index (χ1n) is 7.61. The van der Waals surface area contributed by atoms with Gasteiger partial charge < -0.3 is 10.1 Å². The molecule has 0 aliphatic rings. The predicted octanol–water partition coefficient (Wildman–Crippen LogP) is 5.39. The Balaban J connectivity index is 1.95. The van der Waals surface area contributed by atoms with E-state index in [2.05, 4.69) is 5.32 Å². The lowest BCUT2D eigenvalue weighted by Gasteiger charge is -2.09. The Morgan fingerprint density at radius 2 is 1.76 bits per heavy atom. The van der Waals surface area contributed by atoms with Crippen LogP contribution in [0, 0.1) is 0 Å². The Labute approximate surface area is 161 Å². The van der Waals surface area contributed by atoms with Crippen LogP contribution < -0.4 is 5.32 Å². The van der Waals surface area contributed by atoms with Crippen molar-refractivity contribution in [1.82, 2.24) is 0 Å². The molecular formula is C18H16Cl3NO3. The number of rotatable bonds is 6. The van der Waals surface area contributed by atoms with Gasteiger partial charge in [-0.15, -0.1) is 0 Å². The first-order chi connectivity index (χ1) is 11.9. The van der Waals surface area contributed by atoms with Gasteiger partial charge in [-0.05, 0) is 49.2 Å². The maximum Gasteiger partial charge on any atom is 0.339 e. The number of amides is 1. The SMILES string of the molecule is CCOC(=O)c1ccc(NC(=O)CCc2ccc(Cl)c(Cl)c2)cc1Cl. The van der Waals surface area contributed by atoms with Gasteiger partial charge in [-0.2, -0.15) is 0 Å². The second kappa shape index (κ2) is 9.09. The van der Waals surface area contributed by atoms with Crippen molar-refractivity contribution < 1.29 is 14.3 Å². The van der Waals surface area contributed by atoms with E-state index >= 15 is 0 Å². The summed E-state index contributed by atoms with van der Waals surface area (Å²) in [6.07, 6.45) is 0.798. The van der Waals surface area contributed by atoms with E-state index in [1.165, 1.54) is 12.1 Å². The molecule has 0 spiro atoms. The van der Waals surface area contributed by atoms with Crippen molar-refractivity contribution in [3.63, 3.8) is 0 Å². The molecule has 25 heavy (non-hydrogen) atoms. The number of hydrogen-bond acceptors (Lipinski definition) is 3. The number of nitrogens with one attached hydrogen (secondary N) is 1. The highest BCUT2D eigenvalue weighted by Crippen LogP contribution is 2.24. The summed E-state index contributed by atoms with van der Waals surface area (Å²) in [6.45, 7) is 1.98. The second-order valence-corrected chi connectivity index (χ2v) is 6.43. The maximum atomic E-state index is 12.1. The third kappa shape index (κ3) is 5.63. The zero-order valence-electron chi connectivity index (χ0n) is 13.4. The van der Waals surface area contributed by atoms with Crippen LogP contribution in [0.1, 0.15) is 29.3 Å². The van der Waals surface area contributed by atoms with Crippen LogP contribution >= 0.6 is 34.8 Å². The van der Waals surface area contributed by atoms with Crippen LogP contribution in [0.2, 0.25) is 15.1 Å². The number of hydrogen-bond donors (Lipinski definition) is 1. The van der Waals surface area contributed by atoms with Crippen LogP contribution in [-0.2, 0) is 16.0 Å². The van der Waals surface area contributed by atoms with Crippen LogP contribution in [0.4, 0.5) is 5.69 Å². The van der Waals surface area contributed by atoms with Gasteiger partial charge >= 0.3 is 5.97 Å². The average Bonchev–Trinajstić information content (AvgIpc) is 2.56. The molecule has 0 bridgehead atoms. The van der Waals surface area contributed by atoms with Crippen molar-refractivity contribution in [1.29, 1.82) is 0 Å². The Morgan fingerprint density at radius 3 is 2.40 bits per heavy atom. The Bertz CT molecular complexity index is 793. The van der Waals surface area contributed by atoms with Crippen LogP contribution in [0.25, 0.3) is 0 Å². The Kier molecular flexibility index (Phi) is 7.12. The second-order valence-electron chi connectivity index (χ2n) is 5.21. The molecule has 0 atom stereocenters. The number of aryl methyl sites for hydroxylation is 1. The fourth-order valence-electron chi connectivity index (χ4n) is 2.14. The molecule has 2 aromatic carbocycles. The van der Waals surface area contributed by atoms with Crippen LogP contribution in [-0.4, -0.2) is 18.5 Å². The zero-order chi connectivity index (χ0) is 18.4. The molecule has 0 heterocycles. The van der Waals surface area contributed by atoms with E-state index in [9.17, 15) is 9.59 Å². The topological polar surface area (TPSA) is 55.4 Å². The molecule has 0 fully saturated rings. The highest BCUT2D eigenvalue weighted by Gasteiger charge is 2.12. The average molecular weight is 401 g/mol. The number of ether oxygens (including phenoxy) is 1. The number of esters is 1. The molecule has 1 amide bonds. The molecule has 0 unspecified atom stereocenters.